The molecule has 2 heterocycles. The van der Waals surface area contributed by atoms with Crippen molar-refractivity contribution in [3.05, 3.63) is 16.6 Å². The minimum absolute atomic E-state index is 0.0276. The van der Waals surface area contributed by atoms with E-state index in [0.29, 0.717) is 13.0 Å². The van der Waals surface area contributed by atoms with Crippen molar-refractivity contribution < 1.29 is 9.59 Å². The highest BCUT2D eigenvalue weighted by atomic mass is 32.1. The van der Waals surface area contributed by atoms with Gasteiger partial charge in [0.05, 0.1) is 5.01 Å². The van der Waals surface area contributed by atoms with E-state index in [4.69, 9.17) is 0 Å². The normalized spacial score (nSPS) is 24.3. The second-order valence-corrected chi connectivity index (χ2v) is 6.84. The number of thiazole rings is 1. The molecule has 6 heteroatoms. The van der Waals surface area contributed by atoms with Crippen LogP contribution >= 0.6 is 11.3 Å². The van der Waals surface area contributed by atoms with Crippen LogP contribution in [-0.2, 0) is 9.59 Å². The van der Waals surface area contributed by atoms with E-state index < -0.39 is 6.04 Å². The standard InChI is InChI=1S/C15H23N3O2S/c1-5-11-13(19)17-12(9(2)3)15(20)18(11)8-10(4)14-16-6-7-21-14/h6-7,9-12H,5,8H2,1-4H3,(H,17,19). The van der Waals surface area contributed by atoms with Crippen molar-refractivity contribution in [1.29, 1.82) is 0 Å². The molecule has 1 aromatic heterocycles. The maximum absolute atomic E-state index is 12.7. The zero-order valence-corrected chi connectivity index (χ0v) is 13.8. The summed E-state index contributed by atoms with van der Waals surface area (Å²) in [6, 6.07) is -0.779. The van der Waals surface area contributed by atoms with E-state index >= 15 is 0 Å². The first kappa shape index (κ1) is 15.9. The van der Waals surface area contributed by atoms with Gasteiger partial charge in [-0.05, 0) is 12.3 Å². The first-order valence-corrected chi connectivity index (χ1v) is 8.33. The number of hydrogen-bond acceptors (Lipinski definition) is 4. The number of rotatable bonds is 5. The fourth-order valence-electron chi connectivity index (χ4n) is 2.71. The predicted octanol–water partition coefficient (Wildman–Crippen LogP) is 2.01. The van der Waals surface area contributed by atoms with E-state index in [1.807, 2.05) is 26.2 Å². The number of nitrogens with one attached hydrogen (secondary N) is 1. The molecule has 1 aliphatic heterocycles. The number of piperazine rings is 1. The Balaban J connectivity index is 2.19. The molecule has 0 saturated carbocycles. The van der Waals surface area contributed by atoms with E-state index in [1.165, 1.54) is 0 Å². The lowest BCUT2D eigenvalue weighted by Crippen LogP contribution is -2.65. The van der Waals surface area contributed by atoms with E-state index in [9.17, 15) is 9.59 Å². The first-order chi connectivity index (χ1) is 9.95. The lowest BCUT2D eigenvalue weighted by molar-refractivity contribution is -0.151. The molecular formula is C15H23N3O2S. The molecule has 3 atom stereocenters. The van der Waals surface area contributed by atoms with Crippen LogP contribution in [0.3, 0.4) is 0 Å². The van der Waals surface area contributed by atoms with Gasteiger partial charge in [-0.3, -0.25) is 9.59 Å². The van der Waals surface area contributed by atoms with Crippen molar-refractivity contribution in [2.45, 2.75) is 52.1 Å². The molecule has 1 saturated heterocycles. The maximum atomic E-state index is 12.7. The van der Waals surface area contributed by atoms with Crippen LogP contribution in [0.25, 0.3) is 0 Å². The summed E-state index contributed by atoms with van der Waals surface area (Å²) >= 11 is 1.59. The Morgan fingerprint density at radius 1 is 1.38 bits per heavy atom. The van der Waals surface area contributed by atoms with Crippen molar-refractivity contribution in [2.24, 2.45) is 5.92 Å². The van der Waals surface area contributed by atoms with E-state index in [2.05, 4.69) is 17.2 Å². The molecule has 2 amide bonds. The lowest BCUT2D eigenvalue weighted by atomic mass is 9.96. The molecule has 1 aliphatic rings. The van der Waals surface area contributed by atoms with Gasteiger partial charge in [-0.15, -0.1) is 11.3 Å². The zero-order chi connectivity index (χ0) is 15.6. The third-order valence-corrected chi connectivity index (χ3v) is 4.93. The van der Waals surface area contributed by atoms with Crippen LogP contribution < -0.4 is 5.32 Å². The van der Waals surface area contributed by atoms with Crippen molar-refractivity contribution in [3.63, 3.8) is 0 Å². The highest BCUT2D eigenvalue weighted by molar-refractivity contribution is 7.09. The molecule has 0 radical (unpaired) electrons. The Morgan fingerprint density at radius 3 is 2.62 bits per heavy atom. The average molecular weight is 309 g/mol. The molecular weight excluding hydrogens is 286 g/mol. The molecule has 1 aromatic rings. The molecule has 0 aliphatic carbocycles. The van der Waals surface area contributed by atoms with Crippen molar-refractivity contribution >= 4 is 23.2 Å². The predicted molar refractivity (Wildman–Crippen MR) is 83.1 cm³/mol. The molecule has 116 valence electrons. The minimum atomic E-state index is -0.413. The molecule has 2 rings (SSSR count). The van der Waals surface area contributed by atoms with Gasteiger partial charge in [-0.1, -0.05) is 27.7 Å². The van der Waals surface area contributed by atoms with Crippen LogP contribution in [0.1, 0.15) is 45.0 Å². The fourth-order valence-corrected chi connectivity index (χ4v) is 3.40. The summed E-state index contributed by atoms with van der Waals surface area (Å²) in [5.41, 5.74) is 0. The first-order valence-electron chi connectivity index (χ1n) is 7.45. The molecule has 5 nitrogen and oxygen atoms in total. The van der Waals surface area contributed by atoms with Crippen LogP contribution in [-0.4, -0.2) is 40.3 Å². The highest BCUT2D eigenvalue weighted by Crippen LogP contribution is 2.24. The maximum Gasteiger partial charge on any atom is 0.246 e. The SMILES string of the molecule is CCC1C(=O)NC(C(C)C)C(=O)N1CC(C)c1nccs1. The van der Waals surface area contributed by atoms with E-state index in [1.54, 1.807) is 22.4 Å². The van der Waals surface area contributed by atoms with Crippen molar-refractivity contribution in [1.82, 2.24) is 15.2 Å². The van der Waals surface area contributed by atoms with Crippen LogP contribution in [0.4, 0.5) is 0 Å². The Bertz CT molecular complexity index is 501. The monoisotopic (exact) mass is 309 g/mol. The molecule has 0 aromatic carbocycles. The van der Waals surface area contributed by atoms with E-state index in [0.717, 1.165) is 5.01 Å². The van der Waals surface area contributed by atoms with Crippen LogP contribution in [0.15, 0.2) is 11.6 Å². The largest absolute Gasteiger partial charge is 0.342 e. The zero-order valence-electron chi connectivity index (χ0n) is 13.0. The van der Waals surface area contributed by atoms with Gasteiger partial charge in [-0.2, -0.15) is 0 Å². The van der Waals surface area contributed by atoms with Crippen molar-refractivity contribution in [3.8, 4) is 0 Å². The topological polar surface area (TPSA) is 62.3 Å². The summed E-state index contributed by atoms with van der Waals surface area (Å²) < 4.78 is 0. The summed E-state index contributed by atoms with van der Waals surface area (Å²) in [5, 5.41) is 5.80. The summed E-state index contributed by atoms with van der Waals surface area (Å²) in [4.78, 5) is 31.0. The molecule has 21 heavy (non-hydrogen) atoms. The van der Waals surface area contributed by atoms with Gasteiger partial charge in [0.25, 0.3) is 0 Å². The number of nitrogens with zero attached hydrogens (tertiary/aromatic N) is 2. The number of carbonyl (C=O) groups excluding carboxylic acids is 2. The lowest BCUT2D eigenvalue weighted by Gasteiger charge is -2.41. The number of carbonyl (C=O) groups is 2. The number of hydrogen-bond donors (Lipinski definition) is 1. The average Bonchev–Trinajstić information content (AvgIpc) is 2.96. The second kappa shape index (κ2) is 6.56. The Morgan fingerprint density at radius 2 is 2.10 bits per heavy atom. The van der Waals surface area contributed by atoms with Gasteiger partial charge in [0.1, 0.15) is 12.1 Å². The third kappa shape index (κ3) is 3.26. The summed E-state index contributed by atoms with van der Waals surface area (Å²) in [5.74, 6) is 0.223. The summed E-state index contributed by atoms with van der Waals surface area (Å²) in [6.45, 7) is 8.45. The molecule has 1 N–H and O–H groups in total. The Labute approximate surface area is 129 Å². The Hall–Kier alpha value is -1.43. The smallest absolute Gasteiger partial charge is 0.246 e. The highest BCUT2D eigenvalue weighted by Gasteiger charge is 2.41. The van der Waals surface area contributed by atoms with Gasteiger partial charge < -0.3 is 10.2 Å². The number of aromatic nitrogens is 1. The van der Waals surface area contributed by atoms with Crippen molar-refractivity contribution in [2.75, 3.05) is 6.54 Å². The van der Waals surface area contributed by atoms with E-state index in [-0.39, 0.29) is 29.7 Å². The molecule has 0 spiro atoms. The van der Waals surface area contributed by atoms with Gasteiger partial charge in [0.2, 0.25) is 11.8 Å². The molecule has 3 unspecified atom stereocenters. The minimum Gasteiger partial charge on any atom is -0.342 e. The van der Waals surface area contributed by atoms with Gasteiger partial charge in [-0.25, -0.2) is 4.98 Å². The van der Waals surface area contributed by atoms with Gasteiger partial charge in [0.15, 0.2) is 0 Å². The van der Waals surface area contributed by atoms with Gasteiger partial charge in [0, 0.05) is 24.0 Å². The summed E-state index contributed by atoms with van der Waals surface area (Å²) in [6.07, 6.45) is 2.41. The van der Waals surface area contributed by atoms with Crippen LogP contribution in [0, 0.1) is 5.92 Å². The Kier molecular flexibility index (Phi) is 4.98. The summed E-state index contributed by atoms with van der Waals surface area (Å²) in [7, 11) is 0. The third-order valence-electron chi connectivity index (χ3n) is 3.92. The fraction of sp³-hybridized carbons (Fsp3) is 0.667. The quantitative estimate of drug-likeness (QED) is 0.905. The van der Waals surface area contributed by atoms with Gasteiger partial charge >= 0.3 is 0 Å². The second-order valence-electron chi connectivity index (χ2n) is 5.92. The van der Waals surface area contributed by atoms with Crippen LogP contribution in [0.5, 0.6) is 0 Å². The number of amides is 2. The molecule has 0 bridgehead atoms. The molecule has 1 fully saturated rings. The van der Waals surface area contributed by atoms with Crippen LogP contribution in [0.2, 0.25) is 0 Å².